The fourth-order valence-electron chi connectivity index (χ4n) is 2.38. The van der Waals surface area contributed by atoms with Gasteiger partial charge in [-0.15, -0.1) is 0 Å². The number of methoxy groups -OCH3 is 1. The van der Waals surface area contributed by atoms with Crippen LogP contribution in [-0.4, -0.2) is 35.2 Å². The maximum Gasteiger partial charge on any atom is 0.353 e. The second-order valence-electron chi connectivity index (χ2n) is 5.45. The number of anilines is 3. The molecule has 0 bridgehead atoms. The Hall–Kier alpha value is -2.74. The molecule has 2 N–H and O–H groups in total. The van der Waals surface area contributed by atoms with Crippen LogP contribution in [0.25, 0.3) is 0 Å². The first-order valence-electron chi connectivity index (χ1n) is 7.58. The Balaban J connectivity index is 2.27. The van der Waals surface area contributed by atoms with Crippen LogP contribution >= 0.6 is 0 Å². The van der Waals surface area contributed by atoms with Gasteiger partial charge >= 0.3 is 5.69 Å². The first kappa shape index (κ1) is 17.6. The Labute approximate surface area is 140 Å². The summed E-state index contributed by atoms with van der Waals surface area (Å²) >= 11 is 0. The fraction of sp³-hybridized carbons (Fsp3) is 0.375. The minimum Gasteiger partial charge on any atom is -0.385 e. The molecular formula is C16H21N5O3. The molecule has 0 atom stereocenters. The first-order chi connectivity index (χ1) is 11.5. The van der Waals surface area contributed by atoms with E-state index in [1.807, 2.05) is 32.0 Å². The number of aromatic nitrogens is 2. The topological polar surface area (TPSA) is 102 Å². The van der Waals surface area contributed by atoms with Gasteiger partial charge in [-0.2, -0.15) is 0 Å². The second kappa shape index (κ2) is 8.21. The zero-order valence-corrected chi connectivity index (χ0v) is 14.0. The molecule has 0 saturated heterocycles. The quantitative estimate of drug-likeness (QED) is 0.435. The van der Waals surface area contributed by atoms with Crippen LogP contribution in [0.3, 0.4) is 0 Å². The smallest absolute Gasteiger partial charge is 0.353 e. The molecule has 0 saturated carbocycles. The number of nitro groups is 1. The van der Waals surface area contributed by atoms with Gasteiger partial charge in [0.15, 0.2) is 0 Å². The van der Waals surface area contributed by atoms with Gasteiger partial charge in [-0.05, 0) is 43.5 Å². The number of hydrogen-bond acceptors (Lipinski definition) is 7. The van der Waals surface area contributed by atoms with Crippen LogP contribution in [0.15, 0.2) is 24.5 Å². The zero-order chi connectivity index (χ0) is 17.5. The molecule has 0 unspecified atom stereocenters. The molecule has 0 aliphatic heterocycles. The summed E-state index contributed by atoms with van der Waals surface area (Å²) < 4.78 is 4.96. The lowest BCUT2D eigenvalue weighted by Crippen LogP contribution is -2.10. The molecule has 1 aromatic carbocycles. The van der Waals surface area contributed by atoms with Crippen LogP contribution in [0.5, 0.6) is 0 Å². The van der Waals surface area contributed by atoms with E-state index in [0.717, 1.165) is 23.2 Å². The predicted molar refractivity (Wildman–Crippen MR) is 92.9 cm³/mol. The molecule has 8 heteroatoms. The van der Waals surface area contributed by atoms with E-state index in [-0.39, 0.29) is 17.3 Å². The van der Waals surface area contributed by atoms with Gasteiger partial charge in [0.25, 0.3) is 0 Å². The standard InChI is InChI=1S/C16H21N5O3/c1-11-7-12(2)9-13(8-11)20-16-14(21(22)23)15(18-10-19-16)17-5-4-6-24-3/h7-10H,4-6H2,1-3H3,(H2,17,18,19,20). The molecule has 0 amide bonds. The average molecular weight is 331 g/mol. The van der Waals surface area contributed by atoms with Crippen molar-refractivity contribution < 1.29 is 9.66 Å². The van der Waals surface area contributed by atoms with Crippen molar-refractivity contribution >= 4 is 23.0 Å². The van der Waals surface area contributed by atoms with Gasteiger partial charge in [-0.25, -0.2) is 9.97 Å². The summed E-state index contributed by atoms with van der Waals surface area (Å²) in [6.45, 7) is 5.03. The minimum absolute atomic E-state index is 0.161. The highest BCUT2D eigenvalue weighted by Crippen LogP contribution is 2.31. The molecule has 0 spiro atoms. The minimum atomic E-state index is -0.482. The largest absolute Gasteiger partial charge is 0.385 e. The lowest BCUT2D eigenvalue weighted by molar-refractivity contribution is -0.383. The Kier molecular flexibility index (Phi) is 6.02. The van der Waals surface area contributed by atoms with Crippen molar-refractivity contribution in [2.75, 3.05) is 30.9 Å². The van der Waals surface area contributed by atoms with E-state index >= 15 is 0 Å². The van der Waals surface area contributed by atoms with Crippen molar-refractivity contribution in [2.24, 2.45) is 0 Å². The van der Waals surface area contributed by atoms with Crippen molar-refractivity contribution in [3.05, 3.63) is 45.8 Å². The Morgan fingerprint density at radius 2 is 1.83 bits per heavy atom. The summed E-state index contributed by atoms with van der Waals surface area (Å²) in [6.07, 6.45) is 2.02. The van der Waals surface area contributed by atoms with Crippen LogP contribution in [0.4, 0.5) is 23.0 Å². The lowest BCUT2D eigenvalue weighted by Gasteiger charge is -2.11. The molecular weight excluding hydrogens is 310 g/mol. The Morgan fingerprint density at radius 3 is 2.46 bits per heavy atom. The van der Waals surface area contributed by atoms with Crippen LogP contribution in [-0.2, 0) is 4.74 Å². The number of ether oxygens (including phenoxy) is 1. The van der Waals surface area contributed by atoms with E-state index < -0.39 is 4.92 Å². The number of hydrogen-bond donors (Lipinski definition) is 2. The van der Waals surface area contributed by atoms with Gasteiger partial charge in [0.1, 0.15) is 6.33 Å². The van der Waals surface area contributed by atoms with Crippen molar-refractivity contribution in [2.45, 2.75) is 20.3 Å². The highest BCUT2D eigenvalue weighted by molar-refractivity contribution is 5.74. The number of aryl methyl sites for hydroxylation is 2. The van der Waals surface area contributed by atoms with Gasteiger partial charge in [0.05, 0.1) is 4.92 Å². The molecule has 1 aromatic heterocycles. The molecule has 8 nitrogen and oxygen atoms in total. The van der Waals surface area contributed by atoms with Crippen molar-refractivity contribution in [1.82, 2.24) is 9.97 Å². The summed E-state index contributed by atoms with van der Waals surface area (Å²) in [5, 5.41) is 17.5. The Bertz CT molecular complexity index is 701. The number of nitrogens with zero attached hydrogens (tertiary/aromatic N) is 3. The molecule has 0 aliphatic rings. The zero-order valence-electron chi connectivity index (χ0n) is 14.0. The molecule has 1 heterocycles. The molecule has 2 aromatic rings. The van der Waals surface area contributed by atoms with Gasteiger partial charge in [0, 0.05) is 25.9 Å². The monoisotopic (exact) mass is 331 g/mol. The SMILES string of the molecule is COCCCNc1ncnc(Nc2cc(C)cc(C)c2)c1[N+](=O)[O-]. The number of nitrogens with one attached hydrogen (secondary N) is 2. The van der Waals surface area contributed by atoms with Crippen molar-refractivity contribution in [3.63, 3.8) is 0 Å². The first-order valence-corrected chi connectivity index (χ1v) is 7.58. The third-order valence-electron chi connectivity index (χ3n) is 3.31. The summed E-state index contributed by atoms with van der Waals surface area (Å²) in [6, 6.07) is 5.84. The summed E-state index contributed by atoms with van der Waals surface area (Å²) in [5.74, 6) is 0.354. The molecule has 0 radical (unpaired) electrons. The van der Waals surface area contributed by atoms with Gasteiger partial charge in [0.2, 0.25) is 11.6 Å². The maximum atomic E-state index is 11.5. The normalized spacial score (nSPS) is 10.5. The lowest BCUT2D eigenvalue weighted by atomic mass is 10.1. The molecule has 2 rings (SSSR count). The summed E-state index contributed by atoms with van der Waals surface area (Å²) in [5.41, 5.74) is 2.70. The van der Waals surface area contributed by atoms with E-state index in [0.29, 0.717) is 13.2 Å². The van der Waals surface area contributed by atoms with Crippen molar-refractivity contribution in [1.29, 1.82) is 0 Å². The number of benzene rings is 1. The summed E-state index contributed by atoms with van der Waals surface area (Å²) in [4.78, 5) is 19.0. The van der Waals surface area contributed by atoms with Crippen LogP contribution in [0.2, 0.25) is 0 Å². The Morgan fingerprint density at radius 1 is 1.17 bits per heavy atom. The third-order valence-corrected chi connectivity index (χ3v) is 3.31. The average Bonchev–Trinajstić information content (AvgIpc) is 2.50. The predicted octanol–water partition coefficient (Wildman–Crippen LogP) is 3.19. The van der Waals surface area contributed by atoms with Crippen LogP contribution < -0.4 is 10.6 Å². The van der Waals surface area contributed by atoms with E-state index in [4.69, 9.17) is 4.74 Å². The highest BCUT2D eigenvalue weighted by atomic mass is 16.6. The van der Waals surface area contributed by atoms with E-state index in [2.05, 4.69) is 20.6 Å². The van der Waals surface area contributed by atoms with Gasteiger partial charge in [-0.3, -0.25) is 10.1 Å². The highest BCUT2D eigenvalue weighted by Gasteiger charge is 2.23. The van der Waals surface area contributed by atoms with Crippen molar-refractivity contribution in [3.8, 4) is 0 Å². The molecule has 24 heavy (non-hydrogen) atoms. The van der Waals surface area contributed by atoms with Gasteiger partial charge < -0.3 is 15.4 Å². The fourth-order valence-corrected chi connectivity index (χ4v) is 2.38. The van der Waals surface area contributed by atoms with E-state index in [1.54, 1.807) is 7.11 Å². The van der Waals surface area contributed by atoms with E-state index in [1.165, 1.54) is 6.33 Å². The molecule has 0 fully saturated rings. The summed E-state index contributed by atoms with van der Waals surface area (Å²) in [7, 11) is 1.61. The third kappa shape index (κ3) is 4.63. The second-order valence-corrected chi connectivity index (χ2v) is 5.45. The maximum absolute atomic E-state index is 11.5. The van der Waals surface area contributed by atoms with Gasteiger partial charge in [-0.1, -0.05) is 6.07 Å². The van der Waals surface area contributed by atoms with Crippen LogP contribution in [0.1, 0.15) is 17.5 Å². The number of rotatable bonds is 8. The van der Waals surface area contributed by atoms with E-state index in [9.17, 15) is 10.1 Å². The van der Waals surface area contributed by atoms with Crippen LogP contribution in [0, 0.1) is 24.0 Å². The molecule has 128 valence electrons. The molecule has 0 aliphatic carbocycles.